The van der Waals surface area contributed by atoms with Gasteiger partial charge in [0.25, 0.3) is 0 Å². The van der Waals surface area contributed by atoms with Crippen molar-refractivity contribution in [1.82, 2.24) is 15.1 Å². The predicted octanol–water partition coefficient (Wildman–Crippen LogP) is 2.67. The molecule has 0 aromatic carbocycles. The van der Waals surface area contributed by atoms with Crippen molar-refractivity contribution in [3.05, 3.63) is 40.5 Å². The van der Waals surface area contributed by atoms with Gasteiger partial charge in [0.15, 0.2) is 4.67 Å². The number of hydrogen-bond acceptors (Lipinski definition) is 3. The molecule has 0 aliphatic carbocycles. The fourth-order valence-corrected chi connectivity index (χ4v) is 2.04. The molecule has 92 valence electrons. The number of rotatable bonds is 5. The highest BCUT2D eigenvalue weighted by atomic mass is 79.9. The van der Waals surface area contributed by atoms with E-state index in [1.54, 1.807) is 0 Å². The fraction of sp³-hybridized carbons (Fsp3) is 0.417. The standard InChI is InChI=1S/C12H16BrN3O/c1-9(11-3-4-12(13)17-11)14-7-5-10-6-8-15-16(10)2/h3-4,6,8-9,14H,5,7H2,1-2H3. The summed E-state index contributed by atoms with van der Waals surface area (Å²) in [6.07, 6.45) is 2.78. The minimum absolute atomic E-state index is 0.217. The van der Waals surface area contributed by atoms with Crippen LogP contribution in [0.15, 0.2) is 33.5 Å². The van der Waals surface area contributed by atoms with Gasteiger partial charge in [0.1, 0.15) is 5.76 Å². The third-order valence-corrected chi connectivity index (χ3v) is 3.20. The Balaban J connectivity index is 1.81. The van der Waals surface area contributed by atoms with Gasteiger partial charge in [0.2, 0.25) is 0 Å². The molecule has 1 unspecified atom stereocenters. The minimum atomic E-state index is 0.217. The van der Waals surface area contributed by atoms with Crippen molar-refractivity contribution in [2.24, 2.45) is 7.05 Å². The summed E-state index contributed by atoms with van der Waals surface area (Å²) in [5.74, 6) is 0.946. The van der Waals surface area contributed by atoms with Gasteiger partial charge >= 0.3 is 0 Å². The molecule has 5 heteroatoms. The molecule has 2 heterocycles. The van der Waals surface area contributed by atoms with E-state index in [0.29, 0.717) is 0 Å². The Hall–Kier alpha value is -1.07. The number of halogens is 1. The second-order valence-corrected chi connectivity index (χ2v) is 4.80. The summed E-state index contributed by atoms with van der Waals surface area (Å²) in [6, 6.07) is 6.14. The molecular formula is C12H16BrN3O. The number of aromatic nitrogens is 2. The highest BCUT2D eigenvalue weighted by Crippen LogP contribution is 2.19. The van der Waals surface area contributed by atoms with E-state index in [-0.39, 0.29) is 6.04 Å². The first kappa shape index (κ1) is 12.4. The van der Waals surface area contributed by atoms with Crippen molar-refractivity contribution in [2.45, 2.75) is 19.4 Å². The number of nitrogens with zero attached hydrogens (tertiary/aromatic N) is 2. The topological polar surface area (TPSA) is 43.0 Å². The first-order valence-electron chi connectivity index (χ1n) is 5.62. The smallest absolute Gasteiger partial charge is 0.169 e. The van der Waals surface area contributed by atoms with Crippen LogP contribution >= 0.6 is 15.9 Å². The Bertz CT molecular complexity index is 478. The maximum atomic E-state index is 5.49. The first-order valence-corrected chi connectivity index (χ1v) is 6.41. The van der Waals surface area contributed by atoms with Crippen LogP contribution in [0.5, 0.6) is 0 Å². The maximum Gasteiger partial charge on any atom is 0.169 e. The van der Waals surface area contributed by atoms with Crippen LogP contribution in [0.1, 0.15) is 24.4 Å². The van der Waals surface area contributed by atoms with E-state index in [2.05, 4.69) is 33.3 Å². The van der Waals surface area contributed by atoms with Gasteiger partial charge < -0.3 is 9.73 Å². The first-order chi connectivity index (χ1) is 8.16. The molecule has 0 fully saturated rings. The minimum Gasteiger partial charge on any atom is -0.453 e. The molecular weight excluding hydrogens is 282 g/mol. The van der Waals surface area contributed by atoms with E-state index in [0.717, 1.165) is 23.4 Å². The molecule has 17 heavy (non-hydrogen) atoms. The van der Waals surface area contributed by atoms with Crippen LogP contribution in [0, 0.1) is 0 Å². The van der Waals surface area contributed by atoms with Crippen LogP contribution in [-0.2, 0) is 13.5 Å². The summed E-state index contributed by atoms with van der Waals surface area (Å²) >= 11 is 3.30. The lowest BCUT2D eigenvalue weighted by molar-refractivity contribution is 0.419. The lowest BCUT2D eigenvalue weighted by atomic mass is 10.2. The van der Waals surface area contributed by atoms with Gasteiger partial charge in [-0.05, 0) is 41.1 Å². The molecule has 2 aromatic rings. The summed E-state index contributed by atoms with van der Waals surface area (Å²) in [7, 11) is 1.96. The quantitative estimate of drug-likeness (QED) is 0.923. The number of hydrogen-bond donors (Lipinski definition) is 1. The second kappa shape index (κ2) is 5.51. The van der Waals surface area contributed by atoms with E-state index in [4.69, 9.17) is 4.42 Å². The monoisotopic (exact) mass is 297 g/mol. The fourth-order valence-electron chi connectivity index (χ4n) is 1.72. The van der Waals surface area contributed by atoms with Crippen LogP contribution < -0.4 is 5.32 Å². The van der Waals surface area contributed by atoms with Crippen LogP contribution in [0.3, 0.4) is 0 Å². The van der Waals surface area contributed by atoms with Gasteiger partial charge in [0.05, 0.1) is 6.04 Å². The Morgan fingerprint density at radius 2 is 2.29 bits per heavy atom. The Morgan fingerprint density at radius 1 is 1.47 bits per heavy atom. The van der Waals surface area contributed by atoms with E-state index < -0.39 is 0 Å². The van der Waals surface area contributed by atoms with Gasteiger partial charge in [-0.25, -0.2) is 0 Å². The Morgan fingerprint density at radius 3 is 2.88 bits per heavy atom. The summed E-state index contributed by atoms with van der Waals surface area (Å²) in [5.41, 5.74) is 1.23. The number of furan rings is 1. The maximum absolute atomic E-state index is 5.49. The Labute approximate surface area is 109 Å². The van der Waals surface area contributed by atoms with Gasteiger partial charge in [-0.15, -0.1) is 0 Å². The average Bonchev–Trinajstić information content (AvgIpc) is 2.88. The van der Waals surface area contributed by atoms with Crippen molar-refractivity contribution >= 4 is 15.9 Å². The molecule has 0 aliphatic heterocycles. The van der Waals surface area contributed by atoms with Crippen molar-refractivity contribution < 1.29 is 4.42 Å². The van der Waals surface area contributed by atoms with Crippen molar-refractivity contribution in [3.63, 3.8) is 0 Å². The number of nitrogens with one attached hydrogen (secondary N) is 1. The van der Waals surface area contributed by atoms with E-state index in [9.17, 15) is 0 Å². The molecule has 0 saturated carbocycles. The normalized spacial score (nSPS) is 12.9. The molecule has 0 spiro atoms. The SMILES string of the molecule is CC(NCCc1ccnn1C)c1ccc(Br)o1. The van der Waals surface area contributed by atoms with Crippen LogP contribution in [0.2, 0.25) is 0 Å². The van der Waals surface area contributed by atoms with Gasteiger partial charge in [-0.3, -0.25) is 4.68 Å². The van der Waals surface area contributed by atoms with Crippen LogP contribution in [0.4, 0.5) is 0 Å². The molecule has 0 amide bonds. The zero-order valence-corrected chi connectivity index (χ0v) is 11.6. The lowest BCUT2D eigenvalue weighted by Crippen LogP contribution is -2.21. The summed E-state index contributed by atoms with van der Waals surface area (Å²) in [6.45, 7) is 2.99. The van der Waals surface area contributed by atoms with E-state index in [1.807, 2.05) is 36.1 Å². The molecule has 1 N–H and O–H groups in total. The molecule has 1 atom stereocenters. The van der Waals surface area contributed by atoms with Crippen LogP contribution in [-0.4, -0.2) is 16.3 Å². The molecule has 4 nitrogen and oxygen atoms in total. The van der Waals surface area contributed by atoms with Gasteiger partial charge in [0, 0.05) is 31.9 Å². The van der Waals surface area contributed by atoms with Gasteiger partial charge in [-0.1, -0.05) is 0 Å². The zero-order valence-electron chi connectivity index (χ0n) is 9.98. The molecule has 0 radical (unpaired) electrons. The molecule has 2 rings (SSSR count). The van der Waals surface area contributed by atoms with Crippen molar-refractivity contribution in [1.29, 1.82) is 0 Å². The summed E-state index contributed by atoms with van der Waals surface area (Å²) in [4.78, 5) is 0. The van der Waals surface area contributed by atoms with Gasteiger partial charge in [-0.2, -0.15) is 5.10 Å². The summed E-state index contributed by atoms with van der Waals surface area (Å²) in [5, 5.41) is 7.56. The van der Waals surface area contributed by atoms with Crippen molar-refractivity contribution in [2.75, 3.05) is 6.54 Å². The highest BCUT2D eigenvalue weighted by molar-refractivity contribution is 9.10. The highest BCUT2D eigenvalue weighted by Gasteiger charge is 2.09. The third-order valence-electron chi connectivity index (χ3n) is 2.77. The predicted molar refractivity (Wildman–Crippen MR) is 69.7 cm³/mol. The number of aryl methyl sites for hydroxylation is 1. The van der Waals surface area contributed by atoms with Crippen molar-refractivity contribution in [3.8, 4) is 0 Å². The molecule has 0 saturated heterocycles. The van der Waals surface area contributed by atoms with E-state index >= 15 is 0 Å². The average molecular weight is 298 g/mol. The van der Waals surface area contributed by atoms with Crippen LogP contribution in [0.25, 0.3) is 0 Å². The largest absolute Gasteiger partial charge is 0.453 e. The second-order valence-electron chi connectivity index (χ2n) is 4.01. The van der Waals surface area contributed by atoms with E-state index in [1.165, 1.54) is 5.69 Å². The molecule has 0 aliphatic rings. The third kappa shape index (κ3) is 3.20. The molecule has 0 bridgehead atoms. The Kier molecular flexibility index (Phi) is 4.02. The summed E-state index contributed by atoms with van der Waals surface area (Å²) < 4.78 is 8.16. The molecule has 2 aromatic heterocycles. The lowest BCUT2D eigenvalue weighted by Gasteiger charge is -2.11. The zero-order chi connectivity index (χ0) is 12.3.